The molecule has 0 amide bonds. The lowest BCUT2D eigenvalue weighted by molar-refractivity contribution is 0.823. The zero-order valence-electron chi connectivity index (χ0n) is 9.72. The zero-order valence-corrected chi connectivity index (χ0v) is 9.72. The van der Waals surface area contributed by atoms with E-state index in [2.05, 4.69) is 27.0 Å². The first-order chi connectivity index (χ1) is 7.77. The highest BCUT2D eigenvalue weighted by Gasteiger charge is 2.04. The van der Waals surface area contributed by atoms with Crippen LogP contribution >= 0.6 is 0 Å². The third-order valence-electron chi connectivity index (χ3n) is 2.71. The predicted octanol–water partition coefficient (Wildman–Crippen LogP) is 2.11. The summed E-state index contributed by atoms with van der Waals surface area (Å²) in [6, 6.07) is 4.07. The molecule has 0 spiro atoms. The highest BCUT2D eigenvalue weighted by Crippen LogP contribution is 2.09. The van der Waals surface area contributed by atoms with Crippen molar-refractivity contribution in [2.24, 2.45) is 7.05 Å². The molecule has 0 saturated carbocycles. The van der Waals surface area contributed by atoms with E-state index >= 15 is 0 Å². The van der Waals surface area contributed by atoms with Crippen molar-refractivity contribution in [2.75, 3.05) is 0 Å². The summed E-state index contributed by atoms with van der Waals surface area (Å²) in [6.45, 7) is 2.05. The van der Waals surface area contributed by atoms with Gasteiger partial charge in [0.2, 0.25) is 0 Å². The van der Waals surface area contributed by atoms with Crippen molar-refractivity contribution in [3.63, 3.8) is 0 Å². The Morgan fingerprint density at radius 3 is 2.88 bits per heavy atom. The molecule has 0 atom stereocenters. The van der Waals surface area contributed by atoms with Gasteiger partial charge in [0.05, 0.1) is 12.0 Å². The van der Waals surface area contributed by atoms with E-state index in [1.807, 2.05) is 32.6 Å². The van der Waals surface area contributed by atoms with Crippen molar-refractivity contribution < 1.29 is 0 Å². The van der Waals surface area contributed by atoms with Crippen LogP contribution in [0.1, 0.15) is 17.0 Å². The van der Waals surface area contributed by atoms with Crippen molar-refractivity contribution in [3.8, 4) is 0 Å². The van der Waals surface area contributed by atoms with E-state index in [9.17, 15) is 0 Å². The van der Waals surface area contributed by atoms with Crippen molar-refractivity contribution in [2.45, 2.75) is 19.8 Å². The Hall–Kier alpha value is -1.64. The second-order valence-electron chi connectivity index (χ2n) is 3.95. The maximum Gasteiger partial charge on any atom is 0.0948 e. The van der Waals surface area contributed by atoms with Gasteiger partial charge in [-0.1, -0.05) is 6.07 Å². The Kier molecular flexibility index (Phi) is 3.34. The average Bonchev–Trinajstić information content (AvgIpc) is 2.62. The molecule has 2 aromatic heterocycles. The molecule has 1 radical (unpaired) electrons. The fourth-order valence-corrected chi connectivity index (χ4v) is 1.76. The summed E-state index contributed by atoms with van der Waals surface area (Å²) in [7, 11) is 2.03. The highest BCUT2D eigenvalue weighted by atomic mass is 15.0. The molecule has 0 aromatic carbocycles. The van der Waals surface area contributed by atoms with Gasteiger partial charge >= 0.3 is 0 Å². The van der Waals surface area contributed by atoms with Crippen LogP contribution in [0.2, 0.25) is 0 Å². The number of hydrogen-bond acceptors (Lipinski definition) is 2. The molecular formula is C13H16N3. The van der Waals surface area contributed by atoms with E-state index in [-0.39, 0.29) is 0 Å². The van der Waals surface area contributed by atoms with Gasteiger partial charge in [0.25, 0.3) is 0 Å². The van der Waals surface area contributed by atoms with E-state index in [4.69, 9.17) is 0 Å². The van der Waals surface area contributed by atoms with Crippen LogP contribution in [0.15, 0.2) is 30.9 Å². The van der Waals surface area contributed by atoms with Gasteiger partial charge in [-0.2, -0.15) is 0 Å². The van der Waals surface area contributed by atoms with Crippen LogP contribution in [-0.2, 0) is 19.9 Å². The Bertz CT molecular complexity index is 426. The van der Waals surface area contributed by atoms with Gasteiger partial charge in [0.1, 0.15) is 0 Å². The SMILES string of the molecule is Cc1ncn(C)c1C[CH]Cc1cccnc1. The van der Waals surface area contributed by atoms with Crippen LogP contribution in [-0.4, -0.2) is 14.5 Å². The Balaban J connectivity index is 1.89. The van der Waals surface area contributed by atoms with Gasteiger partial charge in [0, 0.05) is 25.1 Å². The maximum atomic E-state index is 4.27. The van der Waals surface area contributed by atoms with E-state index in [1.165, 1.54) is 11.3 Å². The molecule has 0 aliphatic heterocycles. The fraction of sp³-hybridized carbons (Fsp3) is 0.308. The molecule has 0 N–H and O–H groups in total. The van der Waals surface area contributed by atoms with Gasteiger partial charge in [0.15, 0.2) is 0 Å². The van der Waals surface area contributed by atoms with Gasteiger partial charge in [-0.3, -0.25) is 4.98 Å². The number of nitrogens with zero attached hydrogens (tertiary/aromatic N) is 3. The molecule has 16 heavy (non-hydrogen) atoms. The Morgan fingerprint density at radius 1 is 1.38 bits per heavy atom. The van der Waals surface area contributed by atoms with Gasteiger partial charge < -0.3 is 4.57 Å². The minimum Gasteiger partial charge on any atom is -0.337 e. The quantitative estimate of drug-likeness (QED) is 0.780. The van der Waals surface area contributed by atoms with Crippen LogP contribution in [0, 0.1) is 13.3 Å². The fourth-order valence-electron chi connectivity index (χ4n) is 1.76. The normalized spacial score (nSPS) is 10.6. The van der Waals surface area contributed by atoms with Crippen LogP contribution in [0.4, 0.5) is 0 Å². The van der Waals surface area contributed by atoms with Crippen LogP contribution in [0.25, 0.3) is 0 Å². The minimum atomic E-state index is 0.956. The zero-order chi connectivity index (χ0) is 11.4. The van der Waals surface area contributed by atoms with Crippen LogP contribution < -0.4 is 0 Å². The molecular weight excluding hydrogens is 198 g/mol. The molecule has 83 valence electrons. The second-order valence-corrected chi connectivity index (χ2v) is 3.95. The smallest absolute Gasteiger partial charge is 0.0948 e. The molecule has 2 aromatic rings. The molecule has 0 aliphatic carbocycles. The molecule has 3 nitrogen and oxygen atoms in total. The molecule has 0 fully saturated rings. The van der Waals surface area contributed by atoms with E-state index < -0.39 is 0 Å². The number of aromatic nitrogens is 3. The molecule has 0 bridgehead atoms. The molecule has 0 unspecified atom stereocenters. The maximum absolute atomic E-state index is 4.27. The Morgan fingerprint density at radius 2 is 2.25 bits per heavy atom. The van der Waals surface area contributed by atoms with E-state index in [0.29, 0.717) is 0 Å². The molecule has 2 rings (SSSR count). The number of pyridine rings is 1. The average molecular weight is 214 g/mol. The third kappa shape index (κ3) is 2.48. The standard InChI is InChI=1S/C13H16N3/c1-11-13(16(2)10-15-11)7-3-5-12-6-4-8-14-9-12/h3-4,6,8-10H,5,7H2,1-2H3. The summed E-state index contributed by atoms with van der Waals surface area (Å²) >= 11 is 0. The first kappa shape index (κ1) is 10.9. The Labute approximate surface area is 96.2 Å². The van der Waals surface area contributed by atoms with E-state index in [0.717, 1.165) is 18.5 Å². The summed E-state index contributed by atoms with van der Waals surface area (Å²) in [6.07, 6.45) is 9.75. The van der Waals surface area contributed by atoms with Crippen molar-refractivity contribution in [1.29, 1.82) is 0 Å². The van der Waals surface area contributed by atoms with Crippen molar-refractivity contribution in [3.05, 3.63) is 54.2 Å². The van der Waals surface area contributed by atoms with Crippen molar-refractivity contribution in [1.82, 2.24) is 14.5 Å². The second kappa shape index (κ2) is 4.92. The monoisotopic (exact) mass is 214 g/mol. The lowest BCUT2D eigenvalue weighted by Gasteiger charge is -2.03. The molecule has 0 aliphatic rings. The predicted molar refractivity (Wildman–Crippen MR) is 63.9 cm³/mol. The molecule has 2 heterocycles. The van der Waals surface area contributed by atoms with Crippen LogP contribution in [0.5, 0.6) is 0 Å². The first-order valence-electron chi connectivity index (χ1n) is 5.44. The van der Waals surface area contributed by atoms with Gasteiger partial charge in [-0.05, 0) is 37.8 Å². The third-order valence-corrected chi connectivity index (χ3v) is 2.71. The molecule has 3 heteroatoms. The lowest BCUT2D eigenvalue weighted by atomic mass is 10.1. The first-order valence-corrected chi connectivity index (χ1v) is 5.44. The topological polar surface area (TPSA) is 30.7 Å². The largest absolute Gasteiger partial charge is 0.337 e. The summed E-state index contributed by atoms with van der Waals surface area (Å²) in [4.78, 5) is 8.37. The number of aryl methyl sites for hydroxylation is 2. The lowest BCUT2D eigenvalue weighted by Crippen LogP contribution is -1.99. The summed E-state index contributed by atoms with van der Waals surface area (Å²) in [5.74, 6) is 0. The number of rotatable bonds is 4. The highest BCUT2D eigenvalue weighted by molar-refractivity contribution is 5.16. The number of imidazole rings is 1. The van der Waals surface area contributed by atoms with Gasteiger partial charge in [-0.25, -0.2) is 4.98 Å². The number of hydrogen-bond donors (Lipinski definition) is 0. The summed E-state index contributed by atoms with van der Waals surface area (Å²) in [5, 5.41) is 0. The van der Waals surface area contributed by atoms with Crippen molar-refractivity contribution >= 4 is 0 Å². The summed E-state index contributed by atoms with van der Waals surface area (Å²) in [5.41, 5.74) is 3.65. The minimum absolute atomic E-state index is 0.956. The van der Waals surface area contributed by atoms with Crippen LogP contribution in [0.3, 0.4) is 0 Å². The van der Waals surface area contributed by atoms with Gasteiger partial charge in [-0.15, -0.1) is 0 Å². The van der Waals surface area contributed by atoms with E-state index in [1.54, 1.807) is 6.20 Å². The summed E-state index contributed by atoms with van der Waals surface area (Å²) < 4.78 is 2.08. The molecule has 0 saturated heterocycles.